The fourth-order valence-electron chi connectivity index (χ4n) is 2.99. The van der Waals surface area contributed by atoms with Gasteiger partial charge in [0.1, 0.15) is 5.54 Å². The highest BCUT2D eigenvalue weighted by atomic mass is 16.5. The summed E-state index contributed by atoms with van der Waals surface area (Å²) in [6, 6.07) is -0.287. The third kappa shape index (κ3) is 2.47. The van der Waals surface area contributed by atoms with Crippen LogP contribution in [0.4, 0.5) is 4.79 Å². The molecule has 3 amide bonds. The van der Waals surface area contributed by atoms with Gasteiger partial charge in [0.15, 0.2) is 0 Å². The van der Waals surface area contributed by atoms with Crippen molar-refractivity contribution in [3.05, 3.63) is 0 Å². The zero-order chi connectivity index (χ0) is 14.0. The molecular weight excluding hydrogens is 246 g/mol. The van der Waals surface area contributed by atoms with Crippen LogP contribution in [0, 0.1) is 0 Å². The predicted octanol–water partition coefficient (Wildman–Crippen LogP) is 0.428. The predicted molar refractivity (Wildman–Crippen MR) is 70.8 cm³/mol. The molecule has 0 saturated carbocycles. The topological polar surface area (TPSA) is 61.9 Å². The smallest absolute Gasteiger partial charge is 0.325 e. The lowest BCUT2D eigenvalue weighted by Crippen LogP contribution is -2.54. The first-order chi connectivity index (χ1) is 9.03. The molecule has 0 aromatic rings. The molecule has 0 spiro atoms. The van der Waals surface area contributed by atoms with Gasteiger partial charge >= 0.3 is 6.03 Å². The Labute approximate surface area is 114 Å². The highest BCUT2D eigenvalue weighted by Gasteiger charge is 2.50. The number of amides is 3. The van der Waals surface area contributed by atoms with Crippen LogP contribution in [0.25, 0.3) is 0 Å². The Morgan fingerprint density at radius 1 is 1.37 bits per heavy atom. The van der Waals surface area contributed by atoms with Crippen molar-refractivity contribution in [2.24, 2.45) is 0 Å². The zero-order valence-corrected chi connectivity index (χ0v) is 11.9. The van der Waals surface area contributed by atoms with Gasteiger partial charge in [-0.05, 0) is 19.9 Å². The van der Waals surface area contributed by atoms with Crippen molar-refractivity contribution in [3.8, 4) is 0 Å². The van der Waals surface area contributed by atoms with Crippen LogP contribution < -0.4 is 5.32 Å². The molecule has 2 rings (SSSR count). The van der Waals surface area contributed by atoms with Crippen molar-refractivity contribution >= 4 is 11.9 Å². The Morgan fingerprint density at radius 3 is 2.63 bits per heavy atom. The van der Waals surface area contributed by atoms with E-state index in [1.165, 1.54) is 0 Å². The molecular formula is C13H23N3O3. The van der Waals surface area contributed by atoms with Crippen LogP contribution in [0.1, 0.15) is 26.7 Å². The summed E-state index contributed by atoms with van der Waals surface area (Å²) in [6.07, 6.45) is 1.24. The number of ether oxygens (including phenoxy) is 1. The van der Waals surface area contributed by atoms with Gasteiger partial charge in [-0.2, -0.15) is 0 Å². The first kappa shape index (κ1) is 14.3. The van der Waals surface area contributed by atoms with Crippen LogP contribution in [0.15, 0.2) is 0 Å². The van der Waals surface area contributed by atoms with Gasteiger partial charge in [-0.3, -0.25) is 10.1 Å². The summed E-state index contributed by atoms with van der Waals surface area (Å²) in [5.74, 6) is -0.174. The molecule has 2 aliphatic rings. The van der Waals surface area contributed by atoms with Gasteiger partial charge in [0.25, 0.3) is 5.91 Å². The molecule has 2 saturated heterocycles. The molecule has 1 unspecified atom stereocenters. The number of hydrogen-bond donors (Lipinski definition) is 1. The van der Waals surface area contributed by atoms with E-state index < -0.39 is 5.54 Å². The van der Waals surface area contributed by atoms with Gasteiger partial charge in [-0.25, -0.2) is 4.79 Å². The first-order valence-electron chi connectivity index (χ1n) is 6.96. The number of nitrogens with zero attached hydrogens (tertiary/aromatic N) is 2. The van der Waals surface area contributed by atoms with E-state index in [1.807, 2.05) is 20.9 Å². The molecule has 0 bridgehead atoms. The minimum absolute atomic E-state index is 0.0205. The van der Waals surface area contributed by atoms with E-state index in [0.717, 1.165) is 13.1 Å². The summed E-state index contributed by atoms with van der Waals surface area (Å²) in [4.78, 5) is 27.9. The molecule has 2 fully saturated rings. The highest BCUT2D eigenvalue weighted by Crippen LogP contribution is 2.29. The molecule has 0 aromatic carbocycles. The van der Waals surface area contributed by atoms with Crippen molar-refractivity contribution in [2.45, 2.75) is 38.3 Å². The Bertz CT molecular complexity index is 368. The molecule has 1 atom stereocenters. The van der Waals surface area contributed by atoms with Gasteiger partial charge in [0.05, 0.1) is 19.3 Å². The minimum Gasteiger partial charge on any atom is -0.374 e. The molecule has 6 heteroatoms. The minimum atomic E-state index is -0.698. The second-order valence-electron chi connectivity index (χ2n) is 5.36. The largest absolute Gasteiger partial charge is 0.374 e. The van der Waals surface area contributed by atoms with Crippen LogP contribution in [-0.4, -0.2) is 66.7 Å². The summed E-state index contributed by atoms with van der Waals surface area (Å²) in [7, 11) is 2.04. The number of carbonyl (C=O) groups excluding carboxylic acids is 2. The van der Waals surface area contributed by atoms with E-state index in [9.17, 15) is 9.59 Å². The number of likely N-dealkylation sites (N-methyl/N-ethyl adjacent to an activating group) is 1. The molecule has 1 N–H and O–H groups in total. The number of rotatable bonds is 4. The zero-order valence-electron chi connectivity index (χ0n) is 11.9. The normalized spacial score (nSPS) is 27.7. The first-order valence-corrected chi connectivity index (χ1v) is 6.96. The van der Waals surface area contributed by atoms with Gasteiger partial charge in [0, 0.05) is 13.1 Å². The van der Waals surface area contributed by atoms with E-state index >= 15 is 0 Å². The summed E-state index contributed by atoms with van der Waals surface area (Å²) >= 11 is 0. The molecule has 6 nitrogen and oxygen atoms in total. The maximum absolute atomic E-state index is 12.1. The van der Waals surface area contributed by atoms with Gasteiger partial charge in [-0.15, -0.1) is 0 Å². The molecule has 2 aliphatic heterocycles. The average Bonchev–Trinajstić information content (AvgIpc) is 2.61. The van der Waals surface area contributed by atoms with Crippen LogP contribution in [0.3, 0.4) is 0 Å². The van der Waals surface area contributed by atoms with E-state index in [-0.39, 0.29) is 18.0 Å². The number of imide groups is 1. The molecule has 0 aliphatic carbocycles. The summed E-state index contributed by atoms with van der Waals surface area (Å²) < 4.78 is 5.70. The summed E-state index contributed by atoms with van der Waals surface area (Å²) in [6.45, 7) is 6.75. The van der Waals surface area contributed by atoms with E-state index in [4.69, 9.17) is 4.74 Å². The fraction of sp³-hybridized carbons (Fsp3) is 0.846. The van der Waals surface area contributed by atoms with Crippen molar-refractivity contribution in [2.75, 3.05) is 33.3 Å². The van der Waals surface area contributed by atoms with Crippen molar-refractivity contribution in [3.63, 3.8) is 0 Å². The fourth-order valence-corrected chi connectivity index (χ4v) is 2.99. The molecule has 0 aromatic heterocycles. The second-order valence-corrected chi connectivity index (χ2v) is 5.36. The van der Waals surface area contributed by atoms with Gasteiger partial charge < -0.3 is 14.5 Å². The van der Waals surface area contributed by atoms with Gasteiger partial charge in [0.2, 0.25) is 0 Å². The monoisotopic (exact) mass is 269 g/mol. The second kappa shape index (κ2) is 5.46. The van der Waals surface area contributed by atoms with Crippen molar-refractivity contribution < 1.29 is 14.3 Å². The SMILES string of the molecule is CCC1(CC)C(=O)NC(=O)N1CC1CN(C)CCO1. The third-order valence-electron chi connectivity index (χ3n) is 4.30. The number of morpholine rings is 1. The number of hydrogen-bond acceptors (Lipinski definition) is 4. The van der Waals surface area contributed by atoms with Crippen molar-refractivity contribution in [1.29, 1.82) is 0 Å². The molecule has 19 heavy (non-hydrogen) atoms. The molecule has 0 radical (unpaired) electrons. The summed E-state index contributed by atoms with van der Waals surface area (Å²) in [5, 5.41) is 2.44. The Morgan fingerprint density at radius 2 is 2.05 bits per heavy atom. The lowest BCUT2D eigenvalue weighted by atomic mass is 9.91. The summed E-state index contributed by atoms with van der Waals surface area (Å²) in [5.41, 5.74) is -0.698. The van der Waals surface area contributed by atoms with Crippen LogP contribution in [0.5, 0.6) is 0 Å². The number of carbonyl (C=O) groups is 2. The van der Waals surface area contributed by atoms with E-state index in [1.54, 1.807) is 4.90 Å². The molecule has 108 valence electrons. The molecule has 2 heterocycles. The average molecular weight is 269 g/mol. The van der Waals surface area contributed by atoms with Gasteiger partial charge in [-0.1, -0.05) is 13.8 Å². The van der Waals surface area contributed by atoms with Crippen molar-refractivity contribution in [1.82, 2.24) is 15.1 Å². The Balaban J connectivity index is 2.12. The Hall–Kier alpha value is -1.14. The van der Waals surface area contributed by atoms with Crippen LogP contribution in [-0.2, 0) is 9.53 Å². The van der Waals surface area contributed by atoms with Crippen LogP contribution >= 0.6 is 0 Å². The van der Waals surface area contributed by atoms with Crippen LogP contribution in [0.2, 0.25) is 0 Å². The quantitative estimate of drug-likeness (QED) is 0.752. The lowest BCUT2D eigenvalue weighted by molar-refractivity contribution is -0.128. The Kier molecular flexibility index (Phi) is 4.10. The number of urea groups is 1. The number of nitrogens with one attached hydrogen (secondary N) is 1. The standard InChI is InChI=1S/C13H23N3O3/c1-4-13(5-2)11(17)14-12(18)16(13)9-10-8-15(3)6-7-19-10/h10H,4-9H2,1-3H3,(H,14,17,18). The maximum Gasteiger partial charge on any atom is 0.325 e. The third-order valence-corrected chi connectivity index (χ3v) is 4.30. The van der Waals surface area contributed by atoms with E-state index in [2.05, 4.69) is 10.2 Å². The highest BCUT2D eigenvalue weighted by molar-refractivity contribution is 6.06. The van der Waals surface area contributed by atoms with E-state index in [0.29, 0.717) is 26.0 Å². The maximum atomic E-state index is 12.1. The lowest BCUT2D eigenvalue weighted by Gasteiger charge is -2.38.